The van der Waals surface area contributed by atoms with E-state index in [1.54, 1.807) is 7.11 Å². The zero-order valence-corrected chi connectivity index (χ0v) is 15.0. The van der Waals surface area contributed by atoms with Gasteiger partial charge in [-0.3, -0.25) is 4.79 Å². The van der Waals surface area contributed by atoms with E-state index in [-0.39, 0.29) is 18.3 Å². The van der Waals surface area contributed by atoms with E-state index in [0.29, 0.717) is 24.5 Å². The van der Waals surface area contributed by atoms with Crippen molar-refractivity contribution in [3.05, 3.63) is 29.3 Å². The monoisotopic (exact) mass is 338 g/mol. The predicted octanol–water partition coefficient (Wildman–Crippen LogP) is 2.71. The molecule has 2 fully saturated rings. The first-order valence-electron chi connectivity index (χ1n) is 8.22. The number of aryl methyl sites for hydroxylation is 1. The molecule has 3 rings (SSSR count). The number of halogens is 1. The first kappa shape index (κ1) is 18.1. The summed E-state index contributed by atoms with van der Waals surface area (Å²) < 4.78 is 5.39. The maximum Gasteiger partial charge on any atom is 0.227 e. The number of likely N-dealkylation sites (N-methyl/N-ethyl adjacent to an activating group) is 1. The summed E-state index contributed by atoms with van der Waals surface area (Å²) in [5.41, 5.74) is 2.14. The minimum atomic E-state index is 0. The molecule has 2 unspecified atom stereocenters. The fourth-order valence-electron chi connectivity index (χ4n) is 3.88. The summed E-state index contributed by atoms with van der Waals surface area (Å²) in [7, 11) is 3.62. The lowest BCUT2D eigenvalue weighted by atomic mass is 9.97. The highest BCUT2D eigenvalue weighted by atomic mass is 35.5. The summed E-state index contributed by atoms with van der Waals surface area (Å²) >= 11 is 0. The zero-order valence-electron chi connectivity index (χ0n) is 14.2. The van der Waals surface area contributed by atoms with Gasteiger partial charge in [0, 0.05) is 30.7 Å². The summed E-state index contributed by atoms with van der Waals surface area (Å²) in [4.78, 5) is 14.6. The number of nitrogens with one attached hydrogen (secondary N) is 1. The van der Waals surface area contributed by atoms with Crippen LogP contribution in [-0.2, 0) is 11.2 Å². The van der Waals surface area contributed by atoms with Crippen molar-refractivity contribution in [2.75, 3.05) is 14.2 Å². The number of rotatable bonds is 4. The molecule has 0 radical (unpaired) electrons. The number of piperidine rings is 1. The van der Waals surface area contributed by atoms with Gasteiger partial charge in [-0.2, -0.15) is 0 Å². The lowest BCUT2D eigenvalue weighted by Gasteiger charge is -2.35. The zero-order chi connectivity index (χ0) is 15.7. The van der Waals surface area contributed by atoms with Gasteiger partial charge >= 0.3 is 0 Å². The number of benzene rings is 1. The molecular formula is C18H27ClN2O2. The molecule has 1 aromatic rings. The van der Waals surface area contributed by atoms with Gasteiger partial charge in [-0.1, -0.05) is 17.7 Å². The molecule has 0 saturated carbocycles. The average molecular weight is 339 g/mol. The smallest absolute Gasteiger partial charge is 0.227 e. The molecule has 128 valence electrons. The second kappa shape index (κ2) is 7.54. The molecular weight excluding hydrogens is 312 g/mol. The van der Waals surface area contributed by atoms with Crippen molar-refractivity contribution in [3.8, 4) is 5.75 Å². The summed E-state index contributed by atoms with van der Waals surface area (Å²) in [6.45, 7) is 2.04. The van der Waals surface area contributed by atoms with Gasteiger partial charge in [0.2, 0.25) is 5.91 Å². The Hall–Kier alpha value is -1.26. The van der Waals surface area contributed by atoms with Crippen molar-refractivity contribution < 1.29 is 9.53 Å². The van der Waals surface area contributed by atoms with Crippen molar-refractivity contribution in [1.82, 2.24) is 10.2 Å². The van der Waals surface area contributed by atoms with E-state index in [1.165, 1.54) is 12.8 Å². The summed E-state index contributed by atoms with van der Waals surface area (Å²) in [6.07, 6.45) is 5.11. The summed E-state index contributed by atoms with van der Waals surface area (Å²) in [5, 5.41) is 3.63. The maximum atomic E-state index is 12.7. The van der Waals surface area contributed by atoms with E-state index in [0.717, 1.165) is 29.7 Å². The van der Waals surface area contributed by atoms with Gasteiger partial charge in [0.25, 0.3) is 0 Å². The van der Waals surface area contributed by atoms with Crippen molar-refractivity contribution in [2.45, 2.75) is 57.2 Å². The van der Waals surface area contributed by atoms with Crippen molar-refractivity contribution in [1.29, 1.82) is 0 Å². The Morgan fingerprint density at radius 2 is 1.96 bits per heavy atom. The molecule has 2 heterocycles. The normalized spacial score (nSPS) is 25.6. The van der Waals surface area contributed by atoms with E-state index in [1.807, 2.05) is 31.0 Å². The molecule has 1 amide bonds. The first-order chi connectivity index (χ1) is 10.6. The van der Waals surface area contributed by atoms with Crippen molar-refractivity contribution in [2.24, 2.45) is 0 Å². The van der Waals surface area contributed by atoms with Crippen LogP contribution in [0.4, 0.5) is 0 Å². The van der Waals surface area contributed by atoms with E-state index in [2.05, 4.69) is 11.4 Å². The van der Waals surface area contributed by atoms with Crippen molar-refractivity contribution >= 4 is 18.3 Å². The molecule has 2 aliphatic heterocycles. The van der Waals surface area contributed by atoms with E-state index >= 15 is 0 Å². The third-order valence-electron chi connectivity index (χ3n) is 5.17. The van der Waals surface area contributed by atoms with Gasteiger partial charge in [0.05, 0.1) is 13.5 Å². The van der Waals surface area contributed by atoms with Crippen LogP contribution in [-0.4, -0.2) is 43.1 Å². The fraction of sp³-hybridized carbons (Fsp3) is 0.611. The summed E-state index contributed by atoms with van der Waals surface area (Å²) in [5.74, 6) is 0.993. The third-order valence-corrected chi connectivity index (χ3v) is 5.17. The predicted molar refractivity (Wildman–Crippen MR) is 94.4 cm³/mol. The standard InChI is InChI=1S/C18H26N2O2.ClH/c1-12-4-7-17(22-3)13(8-12)9-18(21)20(2)16-10-14-5-6-15(11-16)19-14;/h4,7-8,14-16,19H,5-6,9-11H2,1-3H3;1H. The maximum absolute atomic E-state index is 12.7. The quantitative estimate of drug-likeness (QED) is 0.917. The van der Waals surface area contributed by atoms with Gasteiger partial charge in [0.15, 0.2) is 0 Å². The minimum absolute atomic E-state index is 0. The number of amides is 1. The largest absolute Gasteiger partial charge is 0.496 e. The van der Waals surface area contributed by atoms with E-state index in [9.17, 15) is 4.79 Å². The number of methoxy groups -OCH3 is 1. The number of carbonyl (C=O) groups is 1. The Morgan fingerprint density at radius 3 is 2.57 bits per heavy atom. The van der Waals surface area contributed by atoms with Crippen LogP contribution in [0.3, 0.4) is 0 Å². The Balaban J connectivity index is 0.00000192. The molecule has 0 spiro atoms. The fourth-order valence-corrected chi connectivity index (χ4v) is 3.88. The topological polar surface area (TPSA) is 41.6 Å². The molecule has 23 heavy (non-hydrogen) atoms. The Kier molecular flexibility index (Phi) is 5.93. The Morgan fingerprint density at radius 1 is 1.30 bits per heavy atom. The minimum Gasteiger partial charge on any atom is -0.496 e. The summed E-state index contributed by atoms with van der Waals surface area (Å²) in [6, 6.07) is 7.60. The first-order valence-corrected chi connectivity index (χ1v) is 8.22. The van der Waals surface area contributed by atoms with Crippen LogP contribution in [0.15, 0.2) is 18.2 Å². The van der Waals surface area contributed by atoms with Gasteiger partial charge in [-0.05, 0) is 38.7 Å². The van der Waals surface area contributed by atoms with Crippen LogP contribution in [0.5, 0.6) is 5.75 Å². The highest BCUT2D eigenvalue weighted by Gasteiger charge is 2.36. The SMILES string of the molecule is COc1ccc(C)cc1CC(=O)N(C)C1CC2CCC(C1)N2.Cl. The van der Waals surface area contributed by atoms with Crippen LogP contribution >= 0.6 is 12.4 Å². The number of ether oxygens (including phenoxy) is 1. The molecule has 2 saturated heterocycles. The molecule has 0 aliphatic carbocycles. The van der Waals surface area contributed by atoms with Crippen LogP contribution in [0.1, 0.15) is 36.8 Å². The Bertz CT molecular complexity index is 552. The highest BCUT2D eigenvalue weighted by molar-refractivity contribution is 5.85. The van der Waals surface area contributed by atoms with Crippen LogP contribution < -0.4 is 10.1 Å². The van der Waals surface area contributed by atoms with Gasteiger partial charge < -0.3 is 15.0 Å². The molecule has 4 nitrogen and oxygen atoms in total. The number of fused-ring (bicyclic) bond motifs is 2. The highest BCUT2D eigenvalue weighted by Crippen LogP contribution is 2.30. The molecule has 2 bridgehead atoms. The second-order valence-electron chi connectivity index (χ2n) is 6.76. The van der Waals surface area contributed by atoms with E-state index in [4.69, 9.17) is 4.74 Å². The number of hydrogen-bond donors (Lipinski definition) is 1. The number of hydrogen-bond acceptors (Lipinski definition) is 3. The number of carbonyl (C=O) groups excluding carboxylic acids is 1. The molecule has 2 atom stereocenters. The molecule has 1 aromatic carbocycles. The number of nitrogens with zero attached hydrogens (tertiary/aromatic N) is 1. The molecule has 1 N–H and O–H groups in total. The van der Waals surface area contributed by atoms with E-state index < -0.39 is 0 Å². The molecule has 0 aromatic heterocycles. The van der Waals surface area contributed by atoms with Gasteiger partial charge in [0.1, 0.15) is 5.75 Å². The van der Waals surface area contributed by atoms with Gasteiger partial charge in [-0.25, -0.2) is 0 Å². The second-order valence-corrected chi connectivity index (χ2v) is 6.76. The van der Waals surface area contributed by atoms with Crippen molar-refractivity contribution in [3.63, 3.8) is 0 Å². The molecule has 5 heteroatoms. The van der Waals surface area contributed by atoms with Crippen LogP contribution in [0.25, 0.3) is 0 Å². The lowest BCUT2D eigenvalue weighted by Crippen LogP contribution is -2.49. The Labute approximate surface area is 145 Å². The molecule has 2 aliphatic rings. The third kappa shape index (κ3) is 3.99. The average Bonchev–Trinajstić information content (AvgIpc) is 2.85. The van der Waals surface area contributed by atoms with Gasteiger partial charge in [-0.15, -0.1) is 12.4 Å². The van der Waals surface area contributed by atoms with Crippen LogP contribution in [0.2, 0.25) is 0 Å². The lowest BCUT2D eigenvalue weighted by molar-refractivity contribution is -0.131. The van der Waals surface area contributed by atoms with Crippen LogP contribution in [0, 0.1) is 6.92 Å².